The summed E-state index contributed by atoms with van der Waals surface area (Å²) in [5.41, 5.74) is 1.48. The van der Waals surface area contributed by atoms with Gasteiger partial charge in [-0.15, -0.1) is 0 Å². The molecule has 2 unspecified atom stereocenters. The molecule has 0 aliphatic heterocycles. The summed E-state index contributed by atoms with van der Waals surface area (Å²) in [6.45, 7) is 2.68. The Kier molecular flexibility index (Phi) is 4.75. The highest BCUT2D eigenvalue weighted by molar-refractivity contribution is 9.09. The quantitative estimate of drug-likeness (QED) is 0.869. The van der Waals surface area contributed by atoms with Crippen molar-refractivity contribution < 1.29 is 4.79 Å². The number of rotatable bonds is 4. The Morgan fingerprint density at radius 2 is 2.28 bits per heavy atom. The predicted octanol–water partition coefficient (Wildman–Crippen LogP) is 2.93. The van der Waals surface area contributed by atoms with E-state index in [-0.39, 0.29) is 5.91 Å². The van der Waals surface area contributed by atoms with E-state index >= 15 is 0 Å². The van der Waals surface area contributed by atoms with Crippen LogP contribution in [0.4, 0.5) is 0 Å². The fourth-order valence-electron chi connectivity index (χ4n) is 2.62. The van der Waals surface area contributed by atoms with Crippen LogP contribution < -0.4 is 5.32 Å². The first-order valence-corrected chi connectivity index (χ1v) is 7.60. The minimum atomic E-state index is -0.0478. The van der Waals surface area contributed by atoms with Crippen LogP contribution in [0.3, 0.4) is 0 Å². The second-order valence-corrected chi connectivity index (χ2v) is 5.63. The van der Waals surface area contributed by atoms with E-state index in [2.05, 4.69) is 26.2 Å². The maximum atomic E-state index is 12.0. The van der Waals surface area contributed by atoms with E-state index in [0.29, 0.717) is 17.5 Å². The molecule has 1 heterocycles. The third-order valence-corrected chi connectivity index (χ3v) is 4.60. The summed E-state index contributed by atoms with van der Waals surface area (Å²) >= 11 is 3.56. The van der Waals surface area contributed by atoms with E-state index < -0.39 is 0 Å². The third-order valence-electron chi connectivity index (χ3n) is 3.76. The van der Waals surface area contributed by atoms with Gasteiger partial charge in [0, 0.05) is 18.1 Å². The van der Waals surface area contributed by atoms with Crippen molar-refractivity contribution in [1.29, 1.82) is 0 Å². The first kappa shape index (κ1) is 13.5. The number of halogens is 1. The second-order valence-electron chi connectivity index (χ2n) is 4.98. The Hall–Kier alpha value is -0.900. The van der Waals surface area contributed by atoms with Crippen LogP contribution in [-0.2, 0) is 0 Å². The zero-order chi connectivity index (χ0) is 13.0. The number of aromatic nitrogens is 1. The molecule has 3 nitrogen and oxygen atoms in total. The van der Waals surface area contributed by atoms with Crippen LogP contribution in [0.15, 0.2) is 18.3 Å². The monoisotopic (exact) mass is 310 g/mol. The lowest BCUT2D eigenvalue weighted by Gasteiger charge is -2.17. The standard InChI is InChI=1S/C14H19BrN2O/c1-10-4-3-7-16-13(10)14(18)17-9-12-6-2-5-11(12)8-15/h3-4,7,11-12H,2,5-6,8-9H2,1H3,(H,17,18). The highest BCUT2D eigenvalue weighted by Gasteiger charge is 2.26. The Labute approximate surface area is 117 Å². The average Bonchev–Trinajstić information content (AvgIpc) is 2.84. The number of nitrogens with one attached hydrogen (secondary N) is 1. The lowest BCUT2D eigenvalue weighted by molar-refractivity contribution is 0.0939. The number of aryl methyl sites for hydroxylation is 1. The zero-order valence-corrected chi connectivity index (χ0v) is 12.2. The molecule has 18 heavy (non-hydrogen) atoms. The van der Waals surface area contributed by atoms with Crippen LogP contribution in [0.1, 0.15) is 35.3 Å². The van der Waals surface area contributed by atoms with E-state index in [1.165, 1.54) is 19.3 Å². The number of carbonyl (C=O) groups is 1. The zero-order valence-electron chi connectivity index (χ0n) is 10.7. The molecule has 1 amide bonds. The second kappa shape index (κ2) is 6.32. The van der Waals surface area contributed by atoms with Crippen LogP contribution >= 0.6 is 15.9 Å². The normalized spacial score (nSPS) is 23.0. The molecule has 0 bridgehead atoms. The van der Waals surface area contributed by atoms with E-state index in [1.54, 1.807) is 6.20 Å². The Bertz CT molecular complexity index is 422. The number of carbonyl (C=O) groups excluding carboxylic acids is 1. The first-order chi connectivity index (χ1) is 8.72. The predicted molar refractivity (Wildman–Crippen MR) is 75.9 cm³/mol. The van der Waals surface area contributed by atoms with Gasteiger partial charge in [-0.2, -0.15) is 0 Å². The summed E-state index contributed by atoms with van der Waals surface area (Å²) in [5.74, 6) is 1.26. The van der Waals surface area contributed by atoms with Gasteiger partial charge in [-0.25, -0.2) is 0 Å². The summed E-state index contributed by atoms with van der Waals surface area (Å²) in [7, 11) is 0. The van der Waals surface area contributed by atoms with Crippen LogP contribution in [0.2, 0.25) is 0 Å². The molecule has 1 aromatic heterocycles. The smallest absolute Gasteiger partial charge is 0.270 e. The number of hydrogen-bond donors (Lipinski definition) is 1. The highest BCUT2D eigenvalue weighted by atomic mass is 79.9. The van der Waals surface area contributed by atoms with Crippen molar-refractivity contribution in [2.45, 2.75) is 26.2 Å². The van der Waals surface area contributed by atoms with E-state index in [9.17, 15) is 4.79 Å². The molecule has 0 aromatic carbocycles. The lowest BCUT2D eigenvalue weighted by atomic mass is 9.98. The van der Waals surface area contributed by atoms with Crippen LogP contribution in [0.25, 0.3) is 0 Å². The fraction of sp³-hybridized carbons (Fsp3) is 0.571. The summed E-state index contributed by atoms with van der Waals surface area (Å²) < 4.78 is 0. The molecule has 0 spiro atoms. The van der Waals surface area contributed by atoms with Gasteiger partial charge in [-0.05, 0) is 43.2 Å². The van der Waals surface area contributed by atoms with E-state index in [4.69, 9.17) is 0 Å². The topological polar surface area (TPSA) is 42.0 Å². The minimum absolute atomic E-state index is 0.0478. The summed E-state index contributed by atoms with van der Waals surface area (Å²) in [5, 5.41) is 4.06. The van der Waals surface area contributed by atoms with Gasteiger partial charge in [0.05, 0.1) is 0 Å². The van der Waals surface area contributed by atoms with Crippen molar-refractivity contribution >= 4 is 21.8 Å². The number of pyridine rings is 1. The van der Waals surface area contributed by atoms with Crippen molar-refractivity contribution in [3.05, 3.63) is 29.6 Å². The molecule has 1 aliphatic rings. The molecule has 1 fully saturated rings. The fourth-order valence-corrected chi connectivity index (χ4v) is 3.47. The molecular weight excluding hydrogens is 292 g/mol. The molecule has 2 rings (SSSR count). The molecule has 2 atom stereocenters. The van der Waals surface area contributed by atoms with Crippen LogP contribution in [0.5, 0.6) is 0 Å². The van der Waals surface area contributed by atoms with Crippen molar-refractivity contribution in [3.8, 4) is 0 Å². The van der Waals surface area contributed by atoms with E-state index in [0.717, 1.165) is 17.4 Å². The Morgan fingerprint density at radius 1 is 1.50 bits per heavy atom. The van der Waals surface area contributed by atoms with Gasteiger partial charge >= 0.3 is 0 Å². The van der Waals surface area contributed by atoms with Crippen molar-refractivity contribution in [3.63, 3.8) is 0 Å². The van der Waals surface area contributed by atoms with E-state index in [1.807, 2.05) is 19.1 Å². The molecule has 4 heteroatoms. The lowest BCUT2D eigenvalue weighted by Crippen LogP contribution is -2.32. The third kappa shape index (κ3) is 3.10. The summed E-state index contributed by atoms with van der Waals surface area (Å²) in [4.78, 5) is 16.2. The molecule has 98 valence electrons. The van der Waals surface area contributed by atoms with Gasteiger partial charge in [0.2, 0.25) is 0 Å². The van der Waals surface area contributed by atoms with Gasteiger partial charge < -0.3 is 5.32 Å². The van der Waals surface area contributed by atoms with Gasteiger partial charge in [-0.1, -0.05) is 28.4 Å². The first-order valence-electron chi connectivity index (χ1n) is 6.48. The average molecular weight is 311 g/mol. The molecule has 0 saturated heterocycles. The van der Waals surface area contributed by atoms with Gasteiger partial charge in [0.25, 0.3) is 5.91 Å². The SMILES string of the molecule is Cc1cccnc1C(=O)NCC1CCCC1CBr. The molecule has 1 N–H and O–H groups in total. The number of alkyl halides is 1. The number of nitrogens with zero attached hydrogens (tertiary/aromatic N) is 1. The molecule has 1 saturated carbocycles. The van der Waals surface area contributed by atoms with Gasteiger partial charge in [0.1, 0.15) is 5.69 Å². The van der Waals surface area contributed by atoms with Crippen molar-refractivity contribution in [1.82, 2.24) is 10.3 Å². The molecule has 1 aliphatic carbocycles. The largest absolute Gasteiger partial charge is 0.350 e. The Balaban J connectivity index is 1.91. The van der Waals surface area contributed by atoms with Crippen LogP contribution in [0, 0.1) is 18.8 Å². The maximum absolute atomic E-state index is 12.0. The molecule has 0 radical (unpaired) electrons. The molecular formula is C14H19BrN2O. The Morgan fingerprint density at radius 3 is 3.00 bits per heavy atom. The minimum Gasteiger partial charge on any atom is -0.350 e. The van der Waals surface area contributed by atoms with Crippen molar-refractivity contribution in [2.24, 2.45) is 11.8 Å². The van der Waals surface area contributed by atoms with Gasteiger partial charge in [-0.3, -0.25) is 9.78 Å². The number of amides is 1. The highest BCUT2D eigenvalue weighted by Crippen LogP contribution is 2.32. The number of hydrogen-bond acceptors (Lipinski definition) is 2. The molecule has 1 aromatic rings. The summed E-state index contributed by atoms with van der Waals surface area (Å²) in [6.07, 6.45) is 5.43. The van der Waals surface area contributed by atoms with Crippen molar-refractivity contribution in [2.75, 3.05) is 11.9 Å². The van der Waals surface area contributed by atoms with Gasteiger partial charge in [0.15, 0.2) is 0 Å². The summed E-state index contributed by atoms with van der Waals surface area (Å²) in [6, 6.07) is 3.77. The maximum Gasteiger partial charge on any atom is 0.270 e. The van der Waals surface area contributed by atoms with Crippen LogP contribution in [-0.4, -0.2) is 22.8 Å².